The molecule has 3 N–H and O–H groups in total. The van der Waals surface area contributed by atoms with Gasteiger partial charge in [0, 0.05) is 5.56 Å². The van der Waals surface area contributed by atoms with E-state index < -0.39 is 11.7 Å². The topological polar surface area (TPSA) is 54.7 Å². The lowest BCUT2D eigenvalue weighted by molar-refractivity contribution is -0.137. The van der Waals surface area contributed by atoms with Gasteiger partial charge in [0.05, 0.1) is 11.8 Å². The van der Waals surface area contributed by atoms with E-state index in [-0.39, 0.29) is 16.9 Å². The molecule has 1 aromatic carbocycles. The Morgan fingerprint density at radius 1 is 1.12 bits per heavy atom. The van der Waals surface area contributed by atoms with Crippen LogP contribution >= 0.6 is 0 Å². The molecule has 6 heteroatoms. The SMILES string of the molecule is Nc1[nH]ncc1-c1ccccc1C(F)(F)F. The number of halogens is 3. The van der Waals surface area contributed by atoms with Crippen molar-refractivity contribution in [2.24, 2.45) is 0 Å². The lowest BCUT2D eigenvalue weighted by Gasteiger charge is -2.11. The fourth-order valence-electron chi connectivity index (χ4n) is 1.48. The number of anilines is 1. The molecule has 0 atom stereocenters. The van der Waals surface area contributed by atoms with E-state index in [2.05, 4.69) is 10.2 Å². The average Bonchev–Trinajstić information content (AvgIpc) is 2.63. The number of aromatic nitrogens is 2. The number of nitrogen functional groups attached to an aromatic ring is 1. The summed E-state index contributed by atoms with van der Waals surface area (Å²) in [5, 5.41) is 6.01. The Bertz CT molecular complexity index is 502. The summed E-state index contributed by atoms with van der Waals surface area (Å²) in [5.41, 5.74) is 5.07. The standard InChI is InChI=1S/C10H8F3N3/c11-10(12,13)8-4-2-1-3-6(8)7-5-15-16-9(7)14/h1-5H,(H3,14,15,16). The van der Waals surface area contributed by atoms with Crippen LogP contribution in [0.5, 0.6) is 0 Å². The van der Waals surface area contributed by atoms with Crippen molar-refractivity contribution in [3.63, 3.8) is 0 Å². The first-order chi connectivity index (χ1) is 7.50. The molecule has 0 bridgehead atoms. The van der Waals surface area contributed by atoms with Crippen LogP contribution in [0.3, 0.4) is 0 Å². The van der Waals surface area contributed by atoms with E-state index in [4.69, 9.17) is 5.73 Å². The van der Waals surface area contributed by atoms with Crippen molar-refractivity contribution in [2.45, 2.75) is 6.18 Å². The van der Waals surface area contributed by atoms with E-state index in [9.17, 15) is 13.2 Å². The summed E-state index contributed by atoms with van der Waals surface area (Å²) >= 11 is 0. The Kier molecular flexibility index (Phi) is 2.34. The van der Waals surface area contributed by atoms with Crippen molar-refractivity contribution in [3.05, 3.63) is 36.0 Å². The fraction of sp³-hybridized carbons (Fsp3) is 0.100. The minimum Gasteiger partial charge on any atom is -0.384 e. The molecule has 0 spiro atoms. The highest BCUT2D eigenvalue weighted by Crippen LogP contribution is 2.37. The first-order valence-electron chi connectivity index (χ1n) is 4.45. The van der Waals surface area contributed by atoms with E-state index in [1.807, 2.05) is 0 Å². The monoisotopic (exact) mass is 227 g/mol. The van der Waals surface area contributed by atoms with Crippen LogP contribution < -0.4 is 5.73 Å². The quantitative estimate of drug-likeness (QED) is 0.786. The summed E-state index contributed by atoms with van der Waals surface area (Å²) in [6, 6.07) is 5.24. The zero-order chi connectivity index (χ0) is 11.8. The Morgan fingerprint density at radius 2 is 1.81 bits per heavy atom. The molecule has 0 unspecified atom stereocenters. The van der Waals surface area contributed by atoms with E-state index >= 15 is 0 Å². The number of nitrogens with one attached hydrogen (secondary N) is 1. The van der Waals surface area contributed by atoms with E-state index in [0.29, 0.717) is 0 Å². The molecular weight excluding hydrogens is 219 g/mol. The van der Waals surface area contributed by atoms with Gasteiger partial charge in [-0.3, -0.25) is 5.10 Å². The fourth-order valence-corrected chi connectivity index (χ4v) is 1.48. The van der Waals surface area contributed by atoms with Gasteiger partial charge in [-0.15, -0.1) is 0 Å². The summed E-state index contributed by atoms with van der Waals surface area (Å²) in [6.45, 7) is 0. The third kappa shape index (κ3) is 1.73. The van der Waals surface area contributed by atoms with Crippen LogP contribution in [0.2, 0.25) is 0 Å². The van der Waals surface area contributed by atoms with Crippen molar-refractivity contribution in [3.8, 4) is 11.1 Å². The molecule has 84 valence electrons. The number of benzene rings is 1. The van der Waals surface area contributed by atoms with Crippen molar-refractivity contribution in [1.82, 2.24) is 10.2 Å². The molecule has 1 heterocycles. The maximum atomic E-state index is 12.7. The highest BCUT2D eigenvalue weighted by molar-refractivity contribution is 5.76. The largest absolute Gasteiger partial charge is 0.417 e. The number of H-pyrrole nitrogens is 1. The van der Waals surface area contributed by atoms with Crippen LogP contribution in [0.25, 0.3) is 11.1 Å². The molecule has 0 saturated carbocycles. The number of hydrogen-bond acceptors (Lipinski definition) is 2. The zero-order valence-electron chi connectivity index (χ0n) is 8.05. The highest BCUT2D eigenvalue weighted by atomic mass is 19.4. The molecule has 0 radical (unpaired) electrons. The predicted molar refractivity (Wildman–Crippen MR) is 53.4 cm³/mol. The minimum absolute atomic E-state index is 0.0289. The van der Waals surface area contributed by atoms with Crippen molar-refractivity contribution in [1.29, 1.82) is 0 Å². The summed E-state index contributed by atoms with van der Waals surface area (Å²) < 4.78 is 38.1. The maximum absolute atomic E-state index is 12.7. The summed E-state index contributed by atoms with van der Waals surface area (Å²) in [5.74, 6) is 0.122. The van der Waals surface area contributed by atoms with Crippen LogP contribution in [0, 0.1) is 0 Å². The Morgan fingerprint density at radius 3 is 2.38 bits per heavy atom. The summed E-state index contributed by atoms with van der Waals surface area (Å²) in [4.78, 5) is 0. The number of nitrogens with two attached hydrogens (primary N) is 1. The molecule has 0 aliphatic rings. The molecule has 0 aliphatic carbocycles. The third-order valence-corrected chi connectivity index (χ3v) is 2.19. The molecule has 0 fully saturated rings. The molecule has 2 rings (SSSR count). The second-order valence-electron chi connectivity index (χ2n) is 3.24. The maximum Gasteiger partial charge on any atom is 0.417 e. The van der Waals surface area contributed by atoms with Gasteiger partial charge in [-0.2, -0.15) is 18.3 Å². The molecule has 0 amide bonds. The van der Waals surface area contributed by atoms with Gasteiger partial charge < -0.3 is 5.73 Å². The number of nitrogens with zero attached hydrogens (tertiary/aromatic N) is 1. The first kappa shape index (κ1) is 10.5. The number of aromatic amines is 1. The smallest absolute Gasteiger partial charge is 0.384 e. The van der Waals surface area contributed by atoms with Crippen molar-refractivity contribution < 1.29 is 13.2 Å². The van der Waals surface area contributed by atoms with Crippen molar-refractivity contribution >= 4 is 5.82 Å². The van der Waals surface area contributed by atoms with Gasteiger partial charge in [0.25, 0.3) is 0 Å². The van der Waals surface area contributed by atoms with E-state index in [1.54, 1.807) is 0 Å². The second-order valence-corrected chi connectivity index (χ2v) is 3.24. The summed E-state index contributed by atoms with van der Waals surface area (Å²) in [6.07, 6.45) is -3.12. The number of alkyl halides is 3. The van der Waals surface area contributed by atoms with Gasteiger partial charge in [0.1, 0.15) is 5.82 Å². The molecule has 0 aliphatic heterocycles. The molecule has 0 saturated heterocycles. The molecule has 2 aromatic rings. The van der Waals surface area contributed by atoms with E-state index in [1.165, 1.54) is 24.4 Å². The average molecular weight is 227 g/mol. The minimum atomic E-state index is -4.40. The Balaban J connectivity index is 2.62. The zero-order valence-corrected chi connectivity index (χ0v) is 8.05. The van der Waals surface area contributed by atoms with Crippen LogP contribution in [0.1, 0.15) is 5.56 Å². The molecular formula is C10H8F3N3. The lowest BCUT2D eigenvalue weighted by Crippen LogP contribution is -2.07. The van der Waals surface area contributed by atoms with Crippen molar-refractivity contribution in [2.75, 3.05) is 5.73 Å². The third-order valence-electron chi connectivity index (χ3n) is 2.19. The highest BCUT2D eigenvalue weighted by Gasteiger charge is 2.33. The molecule has 16 heavy (non-hydrogen) atoms. The van der Waals surface area contributed by atoms with Gasteiger partial charge in [-0.25, -0.2) is 0 Å². The van der Waals surface area contributed by atoms with Gasteiger partial charge in [0.2, 0.25) is 0 Å². The molecule has 3 nitrogen and oxygen atoms in total. The normalized spacial score (nSPS) is 11.7. The van der Waals surface area contributed by atoms with Crippen LogP contribution in [0.15, 0.2) is 30.5 Å². The van der Waals surface area contributed by atoms with Gasteiger partial charge in [-0.05, 0) is 11.6 Å². The van der Waals surface area contributed by atoms with Gasteiger partial charge >= 0.3 is 6.18 Å². The molecule has 1 aromatic heterocycles. The summed E-state index contributed by atoms with van der Waals surface area (Å²) in [7, 11) is 0. The van der Waals surface area contributed by atoms with Crippen LogP contribution in [-0.4, -0.2) is 10.2 Å². The van der Waals surface area contributed by atoms with Crippen LogP contribution in [-0.2, 0) is 6.18 Å². The number of hydrogen-bond donors (Lipinski definition) is 2. The first-order valence-corrected chi connectivity index (χ1v) is 4.45. The van der Waals surface area contributed by atoms with Gasteiger partial charge in [-0.1, -0.05) is 18.2 Å². The Hall–Kier alpha value is -1.98. The number of rotatable bonds is 1. The van der Waals surface area contributed by atoms with E-state index in [0.717, 1.165) is 6.07 Å². The lowest BCUT2D eigenvalue weighted by atomic mass is 10.0. The van der Waals surface area contributed by atoms with Crippen LogP contribution in [0.4, 0.5) is 19.0 Å². The van der Waals surface area contributed by atoms with Gasteiger partial charge in [0.15, 0.2) is 0 Å². The Labute approximate surface area is 89.1 Å². The second kappa shape index (κ2) is 3.55. The predicted octanol–water partition coefficient (Wildman–Crippen LogP) is 2.68.